The average Bonchev–Trinajstić information content (AvgIpc) is 4.20. The molecule has 8 heteroatoms. The molecule has 0 saturated heterocycles. The first-order chi connectivity index (χ1) is 30.8. The lowest BCUT2D eigenvalue weighted by Gasteiger charge is -2.20. The zero-order chi connectivity index (χ0) is 41.0. The molecule has 0 saturated carbocycles. The molecule has 12 rings (SSSR count). The molecule has 0 spiro atoms. The monoisotopic (exact) mass is 864 g/mol. The second kappa shape index (κ2) is 15.5. The van der Waals surface area contributed by atoms with Crippen molar-refractivity contribution in [3.05, 3.63) is 192 Å². The van der Waals surface area contributed by atoms with Gasteiger partial charge in [-0.05, 0) is 148 Å². The summed E-state index contributed by atoms with van der Waals surface area (Å²) in [4.78, 5) is 21.1. The van der Waals surface area contributed by atoms with Gasteiger partial charge in [0.05, 0.1) is 0 Å². The molecule has 0 N–H and O–H groups in total. The maximum atomic E-state index is 4.99. The largest absolute Gasteiger partial charge is 0.265 e. The molecule has 0 aliphatic rings. The van der Waals surface area contributed by atoms with E-state index >= 15 is 0 Å². The number of fused-ring (bicyclic) bond motifs is 3. The van der Waals surface area contributed by atoms with E-state index in [0.717, 1.165) is 65.3 Å². The molecule has 292 valence electrons. The van der Waals surface area contributed by atoms with Crippen LogP contribution in [0, 0.1) is 0 Å². The molecule has 0 bridgehead atoms. The number of rotatable bonds is 8. The van der Waals surface area contributed by atoms with E-state index in [0.29, 0.717) is 0 Å². The number of hydrogen-bond donors (Lipinski definition) is 0. The summed E-state index contributed by atoms with van der Waals surface area (Å²) in [5, 5.41) is 17.6. The van der Waals surface area contributed by atoms with Gasteiger partial charge in [0, 0.05) is 79.9 Å². The molecule has 4 nitrogen and oxygen atoms in total. The van der Waals surface area contributed by atoms with Crippen LogP contribution >= 0.6 is 45.3 Å². The number of aromatic nitrogens is 4. The van der Waals surface area contributed by atoms with Crippen molar-refractivity contribution in [2.45, 2.75) is 0 Å². The van der Waals surface area contributed by atoms with Crippen LogP contribution in [0.3, 0.4) is 0 Å². The van der Waals surface area contributed by atoms with Gasteiger partial charge in [-0.15, -0.1) is 45.3 Å². The minimum absolute atomic E-state index is 0.980. The van der Waals surface area contributed by atoms with Crippen LogP contribution < -0.4 is 0 Å². The Morgan fingerprint density at radius 1 is 0.290 bits per heavy atom. The number of benzene rings is 6. The van der Waals surface area contributed by atoms with E-state index in [2.05, 4.69) is 165 Å². The van der Waals surface area contributed by atoms with Gasteiger partial charge in [0.2, 0.25) is 0 Å². The van der Waals surface area contributed by atoms with Gasteiger partial charge in [-0.1, -0.05) is 72.8 Å². The summed E-state index contributed by atoms with van der Waals surface area (Å²) in [7, 11) is 0. The van der Waals surface area contributed by atoms with Crippen molar-refractivity contribution >= 4 is 77.7 Å². The van der Waals surface area contributed by atoms with Crippen molar-refractivity contribution in [1.82, 2.24) is 19.9 Å². The fourth-order valence-corrected chi connectivity index (χ4v) is 11.9. The van der Waals surface area contributed by atoms with Crippen molar-refractivity contribution in [3.63, 3.8) is 0 Å². The van der Waals surface area contributed by atoms with Crippen molar-refractivity contribution in [2.75, 3.05) is 0 Å². The van der Waals surface area contributed by atoms with Gasteiger partial charge >= 0.3 is 0 Å². The van der Waals surface area contributed by atoms with Gasteiger partial charge in [0.1, 0.15) is 10.0 Å². The molecule has 0 radical (unpaired) electrons. The molecule has 62 heavy (non-hydrogen) atoms. The summed E-state index contributed by atoms with van der Waals surface area (Å²) < 4.78 is 0. The molecule has 0 fully saturated rings. The van der Waals surface area contributed by atoms with Crippen LogP contribution in [-0.2, 0) is 0 Å². The Morgan fingerprint density at radius 3 is 1.45 bits per heavy atom. The highest BCUT2D eigenvalue weighted by molar-refractivity contribution is 7.14. The first-order valence-corrected chi connectivity index (χ1v) is 23.7. The lowest BCUT2D eigenvalue weighted by atomic mass is 9.85. The van der Waals surface area contributed by atoms with E-state index in [1.165, 1.54) is 53.6 Å². The predicted octanol–water partition coefficient (Wildman–Crippen LogP) is 16.3. The van der Waals surface area contributed by atoms with Crippen molar-refractivity contribution in [3.8, 4) is 86.5 Å². The van der Waals surface area contributed by atoms with Crippen LogP contribution in [-0.4, -0.2) is 19.9 Å². The maximum Gasteiger partial charge on any atom is 0.124 e. The van der Waals surface area contributed by atoms with E-state index < -0.39 is 0 Å². The van der Waals surface area contributed by atoms with Crippen molar-refractivity contribution in [2.24, 2.45) is 0 Å². The Kier molecular flexibility index (Phi) is 9.22. The summed E-state index contributed by atoms with van der Waals surface area (Å²) in [6.45, 7) is 0. The molecule has 0 atom stereocenters. The third-order valence-corrected chi connectivity index (χ3v) is 15.1. The van der Waals surface area contributed by atoms with Crippen LogP contribution in [0.5, 0.6) is 0 Å². The molecule has 12 aromatic rings. The highest BCUT2D eigenvalue weighted by Crippen LogP contribution is 2.49. The first-order valence-electron chi connectivity index (χ1n) is 20.2. The minimum atomic E-state index is 0.980. The van der Waals surface area contributed by atoms with Crippen LogP contribution in [0.4, 0.5) is 0 Å². The highest BCUT2D eigenvalue weighted by Gasteiger charge is 2.23. The molecular weight excluding hydrogens is 833 g/mol. The number of nitrogens with zero attached hydrogens (tertiary/aromatic N) is 4. The summed E-state index contributed by atoms with van der Waals surface area (Å²) in [6.07, 6.45) is 11.3. The number of hydrogen-bond acceptors (Lipinski definition) is 8. The van der Waals surface area contributed by atoms with Crippen LogP contribution in [0.1, 0.15) is 0 Å². The Labute approximate surface area is 373 Å². The second-order valence-electron chi connectivity index (χ2n) is 15.0. The zero-order valence-electron chi connectivity index (χ0n) is 32.9. The second-order valence-corrected chi connectivity index (χ2v) is 18.7. The third-order valence-electron chi connectivity index (χ3n) is 11.7. The molecule has 6 heterocycles. The molecule has 0 unspecified atom stereocenters. The van der Waals surface area contributed by atoms with Gasteiger partial charge in [0.15, 0.2) is 0 Å². The minimum Gasteiger partial charge on any atom is -0.265 e. The fourth-order valence-electron chi connectivity index (χ4n) is 8.94. The SMILES string of the molecule is c1csc(-c2cc(-c3ccc4c(-c5nccs5)c(-c5ccc6c(-c7ccncc7)ccc(-c7ccncc7)c6c5)cc(-c5nccs5)c4c3)c(-c3cccs3)c3ccccc23)c1. The normalized spacial score (nSPS) is 11.5. The summed E-state index contributed by atoms with van der Waals surface area (Å²) >= 11 is 6.92. The van der Waals surface area contributed by atoms with Crippen LogP contribution in [0.25, 0.3) is 119 Å². The van der Waals surface area contributed by atoms with Crippen LogP contribution in [0.15, 0.2) is 192 Å². The van der Waals surface area contributed by atoms with Gasteiger partial charge in [-0.3, -0.25) is 9.97 Å². The summed E-state index contributed by atoms with van der Waals surface area (Å²) in [6, 6.07) is 49.2. The Bertz CT molecular complexity index is 3550. The molecule has 0 aliphatic heterocycles. The predicted molar refractivity (Wildman–Crippen MR) is 265 cm³/mol. The Hall–Kier alpha value is -6.94. The smallest absolute Gasteiger partial charge is 0.124 e. The quantitative estimate of drug-likeness (QED) is 0.153. The van der Waals surface area contributed by atoms with Gasteiger partial charge in [-0.2, -0.15) is 0 Å². The van der Waals surface area contributed by atoms with E-state index in [1.807, 2.05) is 37.2 Å². The van der Waals surface area contributed by atoms with Gasteiger partial charge < -0.3 is 0 Å². The molecule has 0 aliphatic carbocycles. The van der Waals surface area contributed by atoms with Crippen molar-refractivity contribution in [1.29, 1.82) is 0 Å². The topological polar surface area (TPSA) is 51.6 Å². The highest BCUT2D eigenvalue weighted by atomic mass is 32.1. The average molecular weight is 865 g/mol. The number of pyridine rings is 2. The lowest BCUT2D eigenvalue weighted by molar-refractivity contribution is 1.33. The molecule has 6 aromatic heterocycles. The summed E-state index contributed by atoms with van der Waals surface area (Å²) in [5.74, 6) is 0. The van der Waals surface area contributed by atoms with E-state index in [9.17, 15) is 0 Å². The lowest BCUT2D eigenvalue weighted by Crippen LogP contribution is -1.94. The van der Waals surface area contributed by atoms with E-state index in [-0.39, 0.29) is 0 Å². The van der Waals surface area contributed by atoms with Crippen molar-refractivity contribution < 1.29 is 0 Å². The summed E-state index contributed by atoms with van der Waals surface area (Å²) in [5.41, 5.74) is 13.9. The van der Waals surface area contributed by atoms with Crippen LogP contribution in [0.2, 0.25) is 0 Å². The number of thiophene rings is 2. The van der Waals surface area contributed by atoms with Gasteiger partial charge in [-0.25, -0.2) is 9.97 Å². The standard InChI is InChI=1S/C54H32N4S4/c1-2-6-41-39(5-1)47(49-7-3-25-59-49)31-43(51(41)50-8-4-26-60-50)35-10-12-42-46(30-35)48(53-57-23-27-61-53)32-44(52(42)54-58-24-28-62-54)36-9-11-40-37(33-15-19-55-20-16-33)13-14-38(45(40)29-36)34-17-21-56-22-18-34/h1-32H. The van der Waals surface area contributed by atoms with E-state index in [4.69, 9.17) is 9.97 Å². The molecule has 0 amide bonds. The molecular formula is C54H32N4S4. The van der Waals surface area contributed by atoms with Gasteiger partial charge in [0.25, 0.3) is 0 Å². The molecule has 6 aromatic carbocycles. The zero-order valence-corrected chi connectivity index (χ0v) is 36.2. The fraction of sp³-hybridized carbons (Fsp3) is 0. The first kappa shape index (κ1) is 36.9. The Balaban J connectivity index is 1.14. The Morgan fingerprint density at radius 2 is 0.823 bits per heavy atom. The third kappa shape index (κ3) is 6.30. The number of thiazole rings is 2. The maximum absolute atomic E-state index is 4.99. The van der Waals surface area contributed by atoms with E-state index in [1.54, 1.807) is 45.3 Å².